The first-order valence-electron chi connectivity index (χ1n) is 8.96. The first-order chi connectivity index (χ1) is 12.3. The van der Waals surface area contributed by atoms with Crippen LogP contribution in [0.4, 0.5) is 0 Å². The van der Waals surface area contributed by atoms with Crippen molar-refractivity contribution in [3.05, 3.63) is 54.6 Å². The SMILES string of the molecule is CC(C)(O)C(C)(C)OBc1cccc2oc3ccc4ccccc4c3c12. The van der Waals surface area contributed by atoms with Gasteiger partial charge in [-0.2, -0.15) is 0 Å². The Balaban J connectivity index is 1.89. The van der Waals surface area contributed by atoms with Crippen LogP contribution in [0.15, 0.2) is 59.0 Å². The molecule has 4 aromatic rings. The molecule has 3 nitrogen and oxygen atoms in total. The number of benzene rings is 3. The lowest BCUT2D eigenvalue weighted by molar-refractivity contribution is -0.0893. The van der Waals surface area contributed by atoms with E-state index < -0.39 is 11.2 Å². The number of furan rings is 1. The van der Waals surface area contributed by atoms with Crippen molar-refractivity contribution >= 4 is 45.7 Å². The second kappa shape index (κ2) is 5.87. The van der Waals surface area contributed by atoms with Gasteiger partial charge in [-0.25, -0.2) is 0 Å². The van der Waals surface area contributed by atoms with Crippen molar-refractivity contribution in [2.24, 2.45) is 0 Å². The van der Waals surface area contributed by atoms with Gasteiger partial charge in [-0.1, -0.05) is 42.5 Å². The lowest BCUT2D eigenvalue weighted by Crippen LogP contribution is -2.49. The molecule has 0 amide bonds. The number of fused-ring (bicyclic) bond motifs is 5. The van der Waals surface area contributed by atoms with Crippen LogP contribution in [0.2, 0.25) is 0 Å². The van der Waals surface area contributed by atoms with Gasteiger partial charge in [0.1, 0.15) is 11.2 Å². The van der Waals surface area contributed by atoms with E-state index in [2.05, 4.69) is 30.3 Å². The molecule has 4 rings (SSSR count). The highest BCUT2D eigenvalue weighted by molar-refractivity contribution is 6.53. The van der Waals surface area contributed by atoms with Gasteiger partial charge in [0.15, 0.2) is 0 Å². The van der Waals surface area contributed by atoms with Crippen molar-refractivity contribution < 1.29 is 14.2 Å². The summed E-state index contributed by atoms with van der Waals surface area (Å²) in [6.07, 6.45) is 0. The molecule has 1 aromatic heterocycles. The summed E-state index contributed by atoms with van der Waals surface area (Å²) in [5.41, 5.74) is 1.20. The Morgan fingerprint density at radius 2 is 1.58 bits per heavy atom. The van der Waals surface area contributed by atoms with Crippen LogP contribution in [-0.4, -0.2) is 23.8 Å². The van der Waals surface area contributed by atoms with Crippen LogP contribution in [0.3, 0.4) is 0 Å². The van der Waals surface area contributed by atoms with Crippen LogP contribution in [0.1, 0.15) is 27.7 Å². The molecule has 3 aromatic carbocycles. The van der Waals surface area contributed by atoms with Gasteiger partial charge in [0, 0.05) is 10.8 Å². The second-order valence-corrected chi connectivity index (χ2v) is 7.91. The second-order valence-electron chi connectivity index (χ2n) is 7.91. The van der Waals surface area contributed by atoms with Gasteiger partial charge < -0.3 is 14.2 Å². The summed E-state index contributed by atoms with van der Waals surface area (Å²) in [6.45, 7) is 7.37. The van der Waals surface area contributed by atoms with Gasteiger partial charge in [0.2, 0.25) is 0 Å². The summed E-state index contributed by atoms with van der Waals surface area (Å²) in [6, 6.07) is 18.5. The molecule has 1 N–H and O–H groups in total. The molecule has 0 saturated carbocycles. The van der Waals surface area contributed by atoms with Gasteiger partial charge >= 0.3 is 7.48 Å². The van der Waals surface area contributed by atoms with E-state index in [0.717, 1.165) is 27.4 Å². The maximum Gasteiger partial charge on any atom is 0.310 e. The van der Waals surface area contributed by atoms with Crippen molar-refractivity contribution in [2.45, 2.75) is 38.9 Å². The monoisotopic (exact) mass is 346 g/mol. The van der Waals surface area contributed by atoms with E-state index in [-0.39, 0.29) is 0 Å². The first-order valence-corrected chi connectivity index (χ1v) is 8.96. The number of hydrogen-bond donors (Lipinski definition) is 1. The molecular weight excluding hydrogens is 323 g/mol. The Morgan fingerprint density at radius 1 is 0.846 bits per heavy atom. The average Bonchev–Trinajstić information content (AvgIpc) is 2.98. The molecule has 4 heteroatoms. The fraction of sp³-hybridized carbons (Fsp3) is 0.273. The molecule has 1 heterocycles. The van der Waals surface area contributed by atoms with Crippen LogP contribution in [0.25, 0.3) is 32.7 Å². The highest BCUT2D eigenvalue weighted by Crippen LogP contribution is 2.33. The van der Waals surface area contributed by atoms with Crippen molar-refractivity contribution in [3.8, 4) is 0 Å². The molecule has 0 radical (unpaired) electrons. The highest BCUT2D eigenvalue weighted by Gasteiger charge is 2.35. The average molecular weight is 346 g/mol. The predicted molar refractivity (Wildman–Crippen MR) is 109 cm³/mol. The smallest absolute Gasteiger partial charge is 0.310 e. The summed E-state index contributed by atoms with van der Waals surface area (Å²) < 4.78 is 12.2. The molecular formula is C22H23BO3. The van der Waals surface area contributed by atoms with Crippen LogP contribution >= 0.6 is 0 Å². The summed E-state index contributed by atoms with van der Waals surface area (Å²) in [5, 5.41) is 14.9. The zero-order valence-corrected chi connectivity index (χ0v) is 15.7. The van der Waals surface area contributed by atoms with Crippen molar-refractivity contribution in [3.63, 3.8) is 0 Å². The fourth-order valence-corrected chi connectivity index (χ4v) is 3.21. The molecule has 0 fully saturated rings. The van der Waals surface area contributed by atoms with Gasteiger partial charge in [0.05, 0.1) is 11.2 Å². The van der Waals surface area contributed by atoms with E-state index in [4.69, 9.17) is 9.07 Å². The third-order valence-corrected chi connectivity index (χ3v) is 5.54. The van der Waals surface area contributed by atoms with Gasteiger partial charge in [-0.05, 0) is 56.1 Å². The lowest BCUT2D eigenvalue weighted by Gasteiger charge is -2.37. The quantitative estimate of drug-likeness (QED) is 0.561. The third-order valence-electron chi connectivity index (χ3n) is 5.54. The number of hydrogen-bond acceptors (Lipinski definition) is 3. The molecule has 0 aliphatic heterocycles. The molecule has 26 heavy (non-hydrogen) atoms. The largest absolute Gasteiger partial charge is 0.456 e. The molecule has 0 saturated heterocycles. The Kier molecular flexibility index (Phi) is 3.87. The molecule has 0 unspecified atom stereocenters. The van der Waals surface area contributed by atoms with Crippen LogP contribution < -0.4 is 5.46 Å². The molecule has 0 bridgehead atoms. The molecule has 0 spiro atoms. The molecule has 0 aliphatic rings. The topological polar surface area (TPSA) is 42.6 Å². The Morgan fingerprint density at radius 3 is 2.35 bits per heavy atom. The van der Waals surface area contributed by atoms with Crippen LogP contribution in [0.5, 0.6) is 0 Å². The normalized spacial score (nSPS) is 13.0. The zero-order valence-electron chi connectivity index (χ0n) is 15.7. The van der Waals surface area contributed by atoms with Gasteiger partial charge in [-0.15, -0.1) is 0 Å². The number of rotatable bonds is 4. The number of aliphatic hydroxyl groups is 1. The summed E-state index contributed by atoms with van der Waals surface area (Å²) in [5.74, 6) is 0. The van der Waals surface area contributed by atoms with E-state index in [1.807, 2.05) is 38.1 Å². The Hall–Kier alpha value is -2.30. The lowest BCUT2D eigenvalue weighted by atomic mass is 9.80. The minimum atomic E-state index is -0.938. The molecule has 132 valence electrons. The molecule has 0 aliphatic carbocycles. The fourth-order valence-electron chi connectivity index (χ4n) is 3.21. The molecule has 0 atom stereocenters. The summed E-state index contributed by atoms with van der Waals surface area (Å²) in [4.78, 5) is 0. The zero-order chi connectivity index (χ0) is 18.5. The van der Waals surface area contributed by atoms with Gasteiger partial charge in [-0.3, -0.25) is 0 Å². The Bertz CT molecular complexity index is 1100. The van der Waals surface area contributed by atoms with Crippen LogP contribution in [0, 0.1) is 0 Å². The van der Waals surface area contributed by atoms with E-state index in [9.17, 15) is 5.11 Å². The van der Waals surface area contributed by atoms with Crippen molar-refractivity contribution in [1.82, 2.24) is 0 Å². The maximum absolute atomic E-state index is 10.4. The van der Waals surface area contributed by atoms with E-state index in [1.54, 1.807) is 13.8 Å². The summed E-state index contributed by atoms with van der Waals surface area (Å²) >= 11 is 0. The minimum Gasteiger partial charge on any atom is -0.456 e. The predicted octanol–water partition coefficient (Wildman–Crippen LogP) is 4.28. The summed E-state index contributed by atoms with van der Waals surface area (Å²) in [7, 11) is 0.409. The minimum absolute atomic E-state index is 0.409. The third kappa shape index (κ3) is 2.70. The maximum atomic E-state index is 10.4. The van der Waals surface area contributed by atoms with E-state index in [1.165, 1.54) is 10.8 Å². The standard InChI is InChI=1S/C22H23BO3/c1-21(2,24)22(3,4)26-23-16-10-7-11-17-20(16)19-15-9-6-5-8-14(15)12-13-18(19)25-17/h5-13,23-24H,1-4H3. The first kappa shape index (κ1) is 17.1. The Labute approximate surface area is 153 Å². The van der Waals surface area contributed by atoms with E-state index in [0.29, 0.717) is 7.48 Å². The van der Waals surface area contributed by atoms with Crippen LogP contribution in [-0.2, 0) is 4.65 Å². The van der Waals surface area contributed by atoms with E-state index >= 15 is 0 Å². The highest BCUT2D eigenvalue weighted by atomic mass is 16.5. The van der Waals surface area contributed by atoms with Gasteiger partial charge in [0.25, 0.3) is 0 Å². The van der Waals surface area contributed by atoms with Crippen molar-refractivity contribution in [2.75, 3.05) is 0 Å². The van der Waals surface area contributed by atoms with Crippen molar-refractivity contribution in [1.29, 1.82) is 0 Å².